The lowest BCUT2D eigenvalue weighted by atomic mass is 10.1. The zero-order chi connectivity index (χ0) is 12.1. The monoisotopic (exact) mass is 276 g/mol. The zero-order valence-electron chi connectivity index (χ0n) is 10.2. The van der Waals surface area contributed by atoms with Gasteiger partial charge in [0.1, 0.15) is 0 Å². The summed E-state index contributed by atoms with van der Waals surface area (Å²) < 4.78 is 0. The zero-order valence-corrected chi connectivity index (χ0v) is 11.8. The summed E-state index contributed by atoms with van der Waals surface area (Å²) in [5.41, 5.74) is 0.969. The first-order valence-electron chi connectivity index (χ1n) is 5.22. The standard InChI is InChI=1S/C12H17ClN2O.ClH/c1-9(15(3)12(16)8-14-2)10-6-4-5-7-11(10)13;/h4-7,9,14H,8H2,1-3H3;1H. The van der Waals surface area contributed by atoms with Gasteiger partial charge in [-0.05, 0) is 25.6 Å². The molecule has 1 N–H and O–H groups in total. The van der Waals surface area contributed by atoms with Gasteiger partial charge in [-0.1, -0.05) is 29.8 Å². The van der Waals surface area contributed by atoms with Gasteiger partial charge in [0.15, 0.2) is 0 Å². The number of halogens is 2. The maximum absolute atomic E-state index is 11.7. The minimum atomic E-state index is -0.0189. The van der Waals surface area contributed by atoms with Crippen molar-refractivity contribution in [3.05, 3.63) is 34.9 Å². The molecular formula is C12H18Cl2N2O. The fraction of sp³-hybridized carbons (Fsp3) is 0.417. The van der Waals surface area contributed by atoms with E-state index in [0.717, 1.165) is 5.56 Å². The first kappa shape index (κ1) is 16.2. The highest BCUT2D eigenvalue weighted by molar-refractivity contribution is 6.31. The third kappa shape index (κ3) is 4.19. The molecule has 5 heteroatoms. The molecule has 3 nitrogen and oxygen atoms in total. The molecule has 0 aliphatic heterocycles. The maximum Gasteiger partial charge on any atom is 0.236 e. The Hall–Kier alpha value is -0.770. The Morgan fingerprint density at radius 1 is 1.47 bits per heavy atom. The second-order valence-corrected chi connectivity index (χ2v) is 4.14. The van der Waals surface area contributed by atoms with E-state index in [9.17, 15) is 4.79 Å². The lowest BCUT2D eigenvalue weighted by molar-refractivity contribution is -0.130. The Morgan fingerprint density at radius 3 is 2.59 bits per heavy atom. The fourth-order valence-electron chi connectivity index (χ4n) is 1.51. The van der Waals surface area contributed by atoms with Gasteiger partial charge in [0, 0.05) is 12.1 Å². The van der Waals surface area contributed by atoms with Crippen LogP contribution in [0.5, 0.6) is 0 Å². The Morgan fingerprint density at radius 2 is 2.06 bits per heavy atom. The molecule has 0 saturated carbocycles. The van der Waals surface area contributed by atoms with Crippen molar-refractivity contribution in [1.82, 2.24) is 10.2 Å². The van der Waals surface area contributed by atoms with Crippen LogP contribution in [-0.4, -0.2) is 31.4 Å². The first-order valence-corrected chi connectivity index (χ1v) is 5.60. The van der Waals surface area contributed by atoms with Crippen LogP contribution in [0, 0.1) is 0 Å². The van der Waals surface area contributed by atoms with Gasteiger partial charge >= 0.3 is 0 Å². The number of rotatable bonds is 4. The van der Waals surface area contributed by atoms with Crippen LogP contribution in [-0.2, 0) is 4.79 Å². The lowest BCUT2D eigenvalue weighted by Gasteiger charge is -2.26. The second-order valence-electron chi connectivity index (χ2n) is 3.73. The van der Waals surface area contributed by atoms with Crippen molar-refractivity contribution in [1.29, 1.82) is 0 Å². The smallest absolute Gasteiger partial charge is 0.236 e. The molecule has 0 spiro atoms. The normalized spacial score (nSPS) is 11.5. The molecule has 1 atom stereocenters. The third-order valence-corrected chi connectivity index (χ3v) is 3.00. The van der Waals surface area contributed by atoms with Crippen LogP contribution < -0.4 is 5.32 Å². The number of nitrogens with one attached hydrogen (secondary N) is 1. The number of hydrogen-bond donors (Lipinski definition) is 1. The Kier molecular flexibility index (Phi) is 7.19. The summed E-state index contributed by atoms with van der Waals surface area (Å²) in [6.07, 6.45) is 0. The number of nitrogens with zero attached hydrogens (tertiary/aromatic N) is 1. The van der Waals surface area contributed by atoms with Gasteiger partial charge in [0.05, 0.1) is 12.6 Å². The molecular weight excluding hydrogens is 259 g/mol. The van der Waals surface area contributed by atoms with E-state index in [1.54, 1.807) is 19.0 Å². The van der Waals surface area contributed by atoms with Gasteiger partial charge in [0.2, 0.25) is 5.91 Å². The molecule has 0 fully saturated rings. The van der Waals surface area contributed by atoms with Crippen LogP contribution >= 0.6 is 24.0 Å². The molecule has 0 saturated heterocycles. The van der Waals surface area contributed by atoms with Crippen LogP contribution in [0.1, 0.15) is 18.5 Å². The van der Waals surface area contributed by atoms with E-state index in [1.807, 2.05) is 31.2 Å². The van der Waals surface area contributed by atoms with Gasteiger partial charge < -0.3 is 10.2 Å². The third-order valence-electron chi connectivity index (χ3n) is 2.66. The van der Waals surface area contributed by atoms with E-state index in [4.69, 9.17) is 11.6 Å². The summed E-state index contributed by atoms with van der Waals surface area (Å²) in [4.78, 5) is 13.4. The molecule has 0 heterocycles. The highest BCUT2D eigenvalue weighted by atomic mass is 35.5. The molecule has 1 rings (SSSR count). The second kappa shape index (κ2) is 7.54. The van der Waals surface area contributed by atoms with Crippen LogP contribution in [0.2, 0.25) is 5.02 Å². The van der Waals surface area contributed by atoms with E-state index >= 15 is 0 Å². The van der Waals surface area contributed by atoms with Gasteiger partial charge in [0.25, 0.3) is 0 Å². The van der Waals surface area contributed by atoms with Crippen LogP contribution in [0.3, 0.4) is 0 Å². The predicted octanol–water partition coefficient (Wildman–Crippen LogP) is 2.50. The fourth-order valence-corrected chi connectivity index (χ4v) is 1.81. The molecule has 1 aromatic rings. The molecule has 1 aromatic carbocycles. The Labute approximate surface area is 114 Å². The molecule has 0 bridgehead atoms. The van der Waals surface area contributed by atoms with Crippen molar-refractivity contribution in [3.63, 3.8) is 0 Å². The van der Waals surface area contributed by atoms with Crippen LogP contribution in [0.15, 0.2) is 24.3 Å². The van der Waals surface area contributed by atoms with Crippen LogP contribution in [0.25, 0.3) is 0 Å². The number of benzene rings is 1. The number of amides is 1. The molecule has 0 radical (unpaired) electrons. The summed E-state index contributed by atoms with van der Waals surface area (Å²) >= 11 is 6.09. The number of carbonyl (C=O) groups is 1. The number of hydrogen-bond acceptors (Lipinski definition) is 2. The molecule has 1 amide bonds. The van der Waals surface area contributed by atoms with Crippen molar-refractivity contribution >= 4 is 29.9 Å². The average Bonchev–Trinajstić information content (AvgIpc) is 2.28. The summed E-state index contributed by atoms with van der Waals surface area (Å²) in [6.45, 7) is 2.31. The number of likely N-dealkylation sites (N-methyl/N-ethyl adjacent to an activating group) is 2. The summed E-state index contributed by atoms with van der Waals surface area (Å²) in [5, 5.41) is 3.54. The topological polar surface area (TPSA) is 32.3 Å². The minimum Gasteiger partial charge on any atom is -0.338 e. The predicted molar refractivity (Wildman–Crippen MR) is 73.8 cm³/mol. The molecule has 1 unspecified atom stereocenters. The molecule has 0 aliphatic rings. The summed E-state index contributed by atoms with van der Waals surface area (Å²) in [5.74, 6) is 0.0509. The van der Waals surface area contributed by atoms with E-state index < -0.39 is 0 Å². The SMILES string of the molecule is CNCC(=O)N(C)C(C)c1ccccc1Cl.Cl. The quantitative estimate of drug-likeness (QED) is 0.917. The first-order chi connectivity index (χ1) is 7.57. The van der Waals surface area contributed by atoms with Crippen molar-refractivity contribution in [3.8, 4) is 0 Å². The van der Waals surface area contributed by atoms with E-state index in [1.165, 1.54) is 0 Å². The Balaban J connectivity index is 0.00000256. The number of carbonyl (C=O) groups excluding carboxylic acids is 1. The van der Waals surface area contributed by atoms with E-state index in [2.05, 4.69) is 5.32 Å². The molecule has 0 aromatic heterocycles. The van der Waals surface area contributed by atoms with Gasteiger partial charge in [-0.3, -0.25) is 4.79 Å². The molecule has 17 heavy (non-hydrogen) atoms. The van der Waals surface area contributed by atoms with Gasteiger partial charge in [-0.15, -0.1) is 12.4 Å². The lowest BCUT2D eigenvalue weighted by Crippen LogP contribution is -2.36. The van der Waals surface area contributed by atoms with Crippen molar-refractivity contribution in [2.75, 3.05) is 20.6 Å². The van der Waals surface area contributed by atoms with Crippen molar-refractivity contribution in [2.45, 2.75) is 13.0 Å². The van der Waals surface area contributed by atoms with Crippen LogP contribution in [0.4, 0.5) is 0 Å². The van der Waals surface area contributed by atoms with E-state index in [0.29, 0.717) is 11.6 Å². The van der Waals surface area contributed by atoms with Crippen molar-refractivity contribution < 1.29 is 4.79 Å². The maximum atomic E-state index is 11.7. The average molecular weight is 277 g/mol. The highest BCUT2D eigenvalue weighted by Crippen LogP contribution is 2.25. The summed E-state index contributed by atoms with van der Waals surface area (Å²) in [6, 6.07) is 7.57. The molecule has 0 aliphatic carbocycles. The Bertz CT molecular complexity index is 371. The van der Waals surface area contributed by atoms with E-state index in [-0.39, 0.29) is 24.4 Å². The van der Waals surface area contributed by atoms with Crippen molar-refractivity contribution in [2.24, 2.45) is 0 Å². The summed E-state index contributed by atoms with van der Waals surface area (Å²) in [7, 11) is 3.54. The molecule has 96 valence electrons. The van der Waals surface area contributed by atoms with Gasteiger partial charge in [-0.25, -0.2) is 0 Å². The minimum absolute atomic E-state index is 0. The van der Waals surface area contributed by atoms with Gasteiger partial charge in [-0.2, -0.15) is 0 Å². The highest BCUT2D eigenvalue weighted by Gasteiger charge is 2.18. The largest absolute Gasteiger partial charge is 0.338 e.